The lowest BCUT2D eigenvalue weighted by molar-refractivity contribution is -0.132. The molecule has 1 aliphatic rings. The maximum atomic E-state index is 13.1. The van der Waals surface area contributed by atoms with Crippen LogP contribution in [0.4, 0.5) is 0 Å². The van der Waals surface area contributed by atoms with E-state index in [1.54, 1.807) is 36.4 Å². The topological polar surface area (TPSA) is 66.4 Å². The minimum atomic E-state index is -0.996. The van der Waals surface area contributed by atoms with Crippen molar-refractivity contribution >= 4 is 46.4 Å². The smallest absolute Gasteiger partial charge is 0.242 e. The van der Waals surface area contributed by atoms with Crippen LogP contribution in [0.25, 0.3) is 0 Å². The number of nitrogens with one attached hydrogen (secondary N) is 1. The number of aromatic hydroxyl groups is 1. The number of halogens is 1. The van der Waals surface area contributed by atoms with Crippen LogP contribution >= 0.6 is 34.7 Å². The Hall–Kier alpha value is -2.28. The number of piperidine rings is 1. The van der Waals surface area contributed by atoms with Crippen molar-refractivity contribution in [3.63, 3.8) is 0 Å². The monoisotopic (exact) mass is 429 g/mol. The van der Waals surface area contributed by atoms with Gasteiger partial charge in [-0.3, -0.25) is 9.59 Å². The number of ketones is 1. The van der Waals surface area contributed by atoms with Crippen LogP contribution in [0.15, 0.2) is 70.3 Å². The highest BCUT2D eigenvalue weighted by molar-refractivity contribution is 8.01. The zero-order valence-electron chi connectivity index (χ0n) is 14.6. The molecule has 2 aromatic carbocycles. The summed E-state index contributed by atoms with van der Waals surface area (Å²) < 4.78 is 0. The molecule has 0 bridgehead atoms. The molecule has 1 fully saturated rings. The number of hydrogen-bond donors (Lipinski definition) is 2. The highest BCUT2D eigenvalue weighted by Gasteiger charge is 2.47. The number of amides is 1. The summed E-state index contributed by atoms with van der Waals surface area (Å²) in [4.78, 5) is 26.8. The second kappa shape index (κ2) is 7.62. The number of thiophene rings is 1. The third-order valence-electron chi connectivity index (χ3n) is 4.74. The summed E-state index contributed by atoms with van der Waals surface area (Å²) in [5, 5.41) is 16.5. The minimum absolute atomic E-state index is 0.0846. The second-order valence-corrected chi connectivity index (χ2v) is 8.86. The Morgan fingerprint density at radius 2 is 1.93 bits per heavy atom. The Balaban J connectivity index is 1.71. The molecule has 3 aromatic rings. The van der Waals surface area contributed by atoms with E-state index in [0.717, 1.165) is 17.3 Å². The highest BCUT2D eigenvalue weighted by Crippen LogP contribution is 2.42. The molecule has 0 radical (unpaired) electrons. The molecule has 2 heterocycles. The molecule has 1 saturated heterocycles. The average molecular weight is 430 g/mol. The van der Waals surface area contributed by atoms with E-state index in [4.69, 9.17) is 11.6 Å². The summed E-state index contributed by atoms with van der Waals surface area (Å²) >= 11 is 8.85. The summed E-state index contributed by atoms with van der Waals surface area (Å²) in [6.45, 7) is 0. The fraction of sp³-hybridized carbons (Fsp3) is 0.143. The van der Waals surface area contributed by atoms with E-state index in [9.17, 15) is 14.7 Å². The number of Topliss-reactive ketones (excluding diaryl/α,β-unsaturated/α-hetero) is 1. The Bertz CT molecular complexity index is 1020. The van der Waals surface area contributed by atoms with E-state index in [1.807, 2.05) is 29.0 Å². The van der Waals surface area contributed by atoms with Crippen LogP contribution in [0.1, 0.15) is 17.5 Å². The number of phenolic OH excluding ortho intramolecular Hbond substituents is 1. The van der Waals surface area contributed by atoms with Crippen LogP contribution in [0.3, 0.4) is 0 Å². The number of benzene rings is 2. The molecule has 1 aromatic heterocycles. The van der Waals surface area contributed by atoms with Crippen LogP contribution in [0.2, 0.25) is 5.02 Å². The highest BCUT2D eigenvalue weighted by atomic mass is 35.5. The number of phenols is 1. The van der Waals surface area contributed by atoms with Gasteiger partial charge < -0.3 is 10.4 Å². The van der Waals surface area contributed by atoms with Crippen LogP contribution in [-0.2, 0) is 15.1 Å². The second-order valence-electron chi connectivity index (χ2n) is 6.53. The predicted octanol–water partition coefficient (Wildman–Crippen LogP) is 4.60. The van der Waals surface area contributed by atoms with Gasteiger partial charge in [0.05, 0.1) is 10.6 Å². The summed E-state index contributed by atoms with van der Waals surface area (Å²) in [5.74, 6) is -0.458. The first-order valence-electron chi connectivity index (χ1n) is 8.58. The Labute approximate surface area is 175 Å². The first-order chi connectivity index (χ1) is 13.5. The van der Waals surface area contributed by atoms with Gasteiger partial charge in [-0.25, -0.2) is 0 Å². The fourth-order valence-electron chi connectivity index (χ4n) is 3.40. The number of carbonyl (C=O) groups is 2. The lowest BCUT2D eigenvalue weighted by Gasteiger charge is -2.40. The fourth-order valence-corrected chi connectivity index (χ4v) is 5.37. The minimum Gasteiger partial charge on any atom is -0.508 e. The summed E-state index contributed by atoms with van der Waals surface area (Å²) in [6, 6.07) is 15.7. The van der Waals surface area contributed by atoms with Crippen molar-refractivity contribution in [2.45, 2.75) is 22.1 Å². The lowest BCUT2D eigenvalue weighted by Crippen LogP contribution is -2.57. The van der Waals surface area contributed by atoms with Crippen molar-refractivity contribution in [3.8, 4) is 5.75 Å². The molecule has 28 heavy (non-hydrogen) atoms. The van der Waals surface area contributed by atoms with Crippen molar-refractivity contribution in [1.82, 2.24) is 5.32 Å². The molecular formula is C21H16ClNO3S2. The molecule has 4 rings (SSSR count). The Kier molecular flexibility index (Phi) is 5.19. The molecule has 0 unspecified atom stereocenters. The van der Waals surface area contributed by atoms with E-state index in [1.165, 1.54) is 11.3 Å². The molecular weight excluding hydrogens is 414 g/mol. The molecule has 4 nitrogen and oxygen atoms in total. The summed E-state index contributed by atoms with van der Waals surface area (Å²) in [6.07, 6.45) is 0.0983. The van der Waals surface area contributed by atoms with Gasteiger partial charge in [0.2, 0.25) is 5.91 Å². The molecule has 0 saturated carbocycles. The van der Waals surface area contributed by atoms with E-state index in [0.29, 0.717) is 15.5 Å². The van der Waals surface area contributed by atoms with Crippen molar-refractivity contribution in [2.75, 3.05) is 0 Å². The Morgan fingerprint density at radius 1 is 1.11 bits per heavy atom. The number of hydrogen-bond acceptors (Lipinski definition) is 5. The SMILES string of the molecule is O=C1C[C@](c2ccsc2)(c2cccc(O)c2)NC(=O)[C@H]1Sc1ccccc1Cl. The van der Waals surface area contributed by atoms with Gasteiger partial charge in [0, 0.05) is 11.3 Å². The Morgan fingerprint density at radius 3 is 2.61 bits per heavy atom. The molecule has 1 aliphatic heterocycles. The van der Waals surface area contributed by atoms with Gasteiger partial charge in [-0.15, -0.1) is 11.8 Å². The van der Waals surface area contributed by atoms with Crippen LogP contribution in [-0.4, -0.2) is 22.0 Å². The number of thioether (sulfide) groups is 1. The van der Waals surface area contributed by atoms with E-state index >= 15 is 0 Å². The standard InChI is InChI=1S/C21H16ClNO3S2/c22-16-6-1-2-7-18(16)28-19-17(25)11-21(23-20(19)26,14-8-9-27-12-14)13-4-3-5-15(24)10-13/h1-10,12,19,24H,11H2,(H,23,26)/t19-,21+/m0/s1. The maximum Gasteiger partial charge on any atom is 0.242 e. The summed E-state index contributed by atoms with van der Waals surface area (Å²) in [5.41, 5.74) is 0.504. The molecule has 1 amide bonds. The maximum absolute atomic E-state index is 13.1. The average Bonchev–Trinajstić information content (AvgIpc) is 3.21. The van der Waals surface area contributed by atoms with Gasteiger partial charge in [0.1, 0.15) is 11.0 Å². The molecule has 0 spiro atoms. The van der Waals surface area contributed by atoms with E-state index in [2.05, 4.69) is 5.32 Å². The van der Waals surface area contributed by atoms with Gasteiger partial charge in [-0.05, 0) is 52.2 Å². The van der Waals surface area contributed by atoms with Crippen LogP contribution < -0.4 is 5.32 Å². The molecule has 142 valence electrons. The third-order valence-corrected chi connectivity index (χ3v) is 7.19. The van der Waals surface area contributed by atoms with E-state index in [-0.39, 0.29) is 23.9 Å². The largest absolute Gasteiger partial charge is 0.508 e. The molecule has 2 atom stereocenters. The van der Waals surface area contributed by atoms with Crippen LogP contribution in [0.5, 0.6) is 5.75 Å². The molecule has 2 N–H and O–H groups in total. The van der Waals surface area contributed by atoms with Gasteiger partial charge in [0.25, 0.3) is 0 Å². The third kappa shape index (κ3) is 3.43. The van der Waals surface area contributed by atoms with E-state index < -0.39 is 10.8 Å². The number of rotatable bonds is 4. The van der Waals surface area contributed by atoms with Gasteiger partial charge in [0.15, 0.2) is 5.78 Å². The molecule has 7 heteroatoms. The molecule has 0 aliphatic carbocycles. The van der Waals surface area contributed by atoms with Gasteiger partial charge in [-0.1, -0.05) is 35.9 Å². The zero-order chi connectivity index (χ0) is 19.7. The first kappa shape index (κ1) is 19.1. The summed E-state index contributed by atoms with van der Waals surface area (Å²) in [7, 11) is 0. The van der Waals surface area contributed by atoms with Crippen molar-refractivity contribution in [1.29, 1.82) is 0 Å². The van der Waals surface area contributed by atoms with Crippen molar-refractivity contribution in [2.24, 2.45) is 0 Å². The van der Waals surface area contributed by atoms with Crippen molar-refractivity contribution < 1.29 is 14.7 Å². The van der Waals surface area contributed by atoms with Crippen molar-refractivity contribution in [3.05, 3.63) is 81.5 Å². The lowest BCUT2D eigenvalue weighted by atomic mass is 9.77. The predicted molar refractivity (Wildman–Crippen MR) is 112 cm³/mol. The quantitative estimate of drug-likeness (QED) is 0.595. The first-order valence-corrected chi connectivity index (χ1v) is 10.8. The zero-order valence-corrected chi connectivity index (χ0v) is 17.0. The van der Waals surface area contributed by atoms with Crippen LogP contribution in [0, 0.1) is 0 Å². The number of carbonyl (C=O) groups excluding carboxylic acids is 2. The normalized spacial score (nSPS) is 22.1. The van der Waals surface area contributed by atoms with Gasteiger partial charge in [-0.2, -0.15) is 11.3 Å². The van der Waals surface area contributed by atoms with Gasteiger partial charge >= 0.3 is 0 Å².